The van der Waals surface area contributed by atoms with Gasteiger partial charge in [-0.25, -0.2) is 0 Å². The number of carbonyl (C=O) groups is 2. The maximum Gasteiger partial charge on any atom is 0.255 e. The van der Waals surface area contributed by atoms with Crippen LogP contribution in [0.3, 0.4) is 0 Å². The second-order valence-electron chi connectivity index (χ2n) is 6.49. The lowest BCUT2D eigenvalue weighted by atomic mass is 10.1. The van der Waals surface area contributed by atoms with E-state index < -0.39 is 0 Å². The van der Waals surface area contributed by atoms with E-state index in [2.05, 4.69) is 15.6 Å². The molecule has 0 unspecified atom stereocenters. The van der Waals surface area contributed by atoms with Crippen LogP contribution in [0, 0.1) is 0 Å². The zero-order chi connectivity index (χ0) is 22.2. The molecule has 1 heterocycles. The number of nitrogens with one attached hydrogen (secondary N) is 2. The van der Waals surface area contributed by atoms with E-state index in [4.69, 9.17) is 14.2 Å². The van der Waals surface area contributed by atoms with Gasteiger partial charge in [-0.15, -0.1) is 0 Å². The molecule has 0 fully saturated rings. The molecule has 0 saturated carbocycles. The topological polar surface area (TPSA) is 98.8 Å². The molecule has 0 aliphatic heterocycles. The lowest BCUT2D eigenvalue weighted by Crippen LogP contribution is -2.23. The normalized spacial score (nSPS) is 10.2. The Hall–Kier alpha value is -4.07. The molecule has 2 aromatic carbocycles. The highest BCUT2D eigenvalue weighted by atomic mass is 16.5. The number of pyridine rings is 1. The zero-order valence-corrected chi connectivity index (χ0v) is 17.5. The van der Waals surface area contributed by atoms with Crippen LogP contribution < -0.4 is 24.8 Å². The van der Waals surface area contributed by atoms with E-state index >= 15 is 0 Å². The van der Waals surface area contributed by atoms with Crippen molar-refractivity contribution in [2.45, 2.75) is 6.54 Å². The van der Waals surface area contributed by atoms with Crippen molar-refractivity contribution in [3.63, 3.8) is 0 Å². The number of aromatic nitrogens is 1. The summed E-state index contributed by atoms with van der Waals surface area (Å²) >= 11 is 0. The highest BCUT2D eigenvalue weighted by Gasteiger charge is 2.17. The van der Waals surface area contributed by atoms with E-state index in [0.717, 1.165) is 5.56 Å². The van der Waals surface area contributed by atoms with Gasteiger partial charge in [0.25, 0.3) is 11.8 Å². The molecule has 0 bridgehead atoms. The van der Waals surface area contributed by atoms with Gasteiger partial charge in [-0.2, -0.15) is 0 Å². The molecule has 0 spiro atoms. The third kappa shape index (κ3) is 5.30. The number of hydrogen-bond acceptors (Lipinski definition) is 6. The maximum absolute atomic E-state index is 12.7. The molecule has 2 N–H and O–H groups in total. The van der Waals surface area contributed by atoms with Gasteiger partial charge < -0.3 is 24.8 Å². The van der Waals surface area contributed by atoms with Crippen molar-refractivity contribution >= 4 is 17.5 Å². The SMILES string of the molecule is COc1cc(C(=O)NCc2cccc(NC(=O)c3ccncc3)c2)cc(OC)c1OC. The van der Waals surface area contributed by atoms with Gasteiger partial charge >= 0.3 is 0 Å². The smallest absolute Gasteiger partial charge is 0.255 e. The summed E-state index contributed by atoms with van der Waals surface area (Å²) in [6.07, 6.45) is 3.12. The van der Waals surface area contributed by atoms with Crippen LogP contribution in [0.4, 0.5) is 5.69 Å². The maximum atomic E-state index is 12.7. The highest BCUT2D eigenvalue weighted by molar-refractivity contribution is 6.04. The Morgan fingerprint density at radius 3 is 2.13 bits per heavy atom. The molecule has 31 heavy (non-hydrogen) atoms. The molecule has 0 saturated heterocycles. The van der Waals surface area contributed by atoms with Crippen molar-refractivity contribution in [1.82, 2.24) is 10.3 Å². The summed E-state index contributed by atoms with van der Waals surface area (Å²) < 4.78 is 15.9. The largest absolute Gasteiger partial charge is 0.493 e. The van der Waals surface area contributed by atoms with Crippen molar-refractivity contribution in [3.8, 4) is 17.2 Å². The minimum atomic E-state index is -0.300. The van der Waals surface area contributed by atoms with E-state index in [9.17, 15) is 9.59 Å². The molecule has 2 amide bonds. The summed E-state index contributed by atoms with van der Waals surface area (Å²) in [5, 5.41) is 5.69. The van der Waals surface area contributed by atoms with Crippen LogP contribution in [0.1, 0.15) is 26.3 Å². The van der Waals surface area contributed by atoms with Crippen LogP contribution in [0.15, 0.2) is 60.9 Å². The quantitative estimate of drug-likeness (QED) is 0.579. The first-order valence-electron chi connectivity index (χ1n) is 9.44. The number of carbonyl (C=O) groups excluding carboxylic acids is 2. The van der Waals surface area contributed by atoms with E-state index in [1.54, 1.807) is 48.8 Å². The minimum Gasteiger partial charge on any atom is -0.493 e. The van der Waals surface area contributed by atoms with Crippen LogP contribution >= 0.6 is 0 Å². The molecule has 0 radical (unpaired) electrons. The molecule has 1 aromatic heterocycles. The molecular weight excluding hydrogens is 398 g/mol. The molecule has 160 valence electrons. The summed E-state index contributed by atoms with van der Waals surface area (Å²) in [6, 6.07) is 13.7. The van der Waals surface area contributed by atoms with Gasteiger partial charge in [0, 0.05) is 35.8 Å². The number of benzene rings is 2. The summed E-state index contributed by atoms with van der Waals surface area (Å²) in [4.78, 5) is 28.9. The molecule has 0 aliphatic rings. The van der Waals surface area contributed by atoms with E-state index in [0.29, 0.717) is 34.1 Å². The van der Waals surface area contributed by atoms with E-state index in [-0.39, 0.29) is 18.4 Å². The van der Waals surface area contributed by atoms with Crippen molar-refractivity contribution in [2.24, 2.45) is 0 Å². The Balaban J connectivity index is 1.68. The number of ether oxygens (including phenoxy) is 3. The first kappa shape index (κ1) is 21.6. The molecular formula is C23H23N3O5. The fourth-order valence-corrected chi connectivity index (χ4v) is 2.96. The molecule has 8 nitrogen and oxygen atoms in total. The minimum absolute atomic E-state index is 0.235. The average Bonchev–Trinajstić information content (AvgIpc) is 2.82. The predicted octanol–water partition coefficient (Wildman–Crippen LogP) is 3.29. The fourth-order valence-electron chi connectivity index (χ4n) is 2.96. The second-order valence-corrected chi connectivity index (χ2v) is 6.49. The first-order chi connectivity index (χ1) is 15.0. The van der Waals surface area contributed by atoms with Gasteiger partial charge in [-0.05, 0) is 42.0 Å². The number of nitrogens with zero attached hydrogens (tertiary/aromatic N) is 1. The lowest BCUT2D eigenvalue weighted by molar-refractivity contribution is 0.0949. The van der Waals surface area contributed by atoms with Gasteiger partial charge in [0.05, 0.1) is 21.3 Å². The van der Waals surface area contributed by atoms with Gasteiger partial charge in [0.1, 0.15) is 0 Å². The standard InChI is InChI=1S/C23H23N3O5/c1-29-19-12-17(13-20(30-2)21(19)31-3)22(27)25-14-15-5-4-6-18(11-15)26-23(28)16-7-9-24-10-8-16/h4-13H,14H2,1-3H3,(H,25,27)(H,26,28). The van der Waals surface area contributed by atoms with Gasteiger partial charge in [0.2, 0.25) is 5.75 Å². The molecule has 0 aliphatic carbocycles. The number of rotatable bonds is 8. The molecule has 3 aromatic rings. The first-order valence-corrected chi connectivity index (χ1v) is 9.44. The summed E-state index contributed by atoms with van der Waals surface area (Å²) in [5.41, 5.74) is 2.34. The number of hydrogen-bond donors (Lipinski definition) is 2. The third-order valence-corrected chi connectivity index (χ3v) is 4.51. The highest BCUT2D eigenvalue weighted by Crippen LogP contribution is 2.38. The molecule has 8 heteroatoms. The molecule has 3 rings (SSSR count). The molecule has 0 atom stereocenters. The fraction of sp³-hybridized carbons (Fsp3) is 0.174. The van der Waals surface area contributed by atoms with Crippen molar-refractivity contribution in [1.29, 1.82) is 0 Å². The Morgan fingerprint density at radius 1 is 0.839 bits per heavy atom. The van der Waals surface area contributed by atoms with E-state index in [1.807, 2.05) is 12.1 Å². The predicted molar refractivity (Wildman–Crippen MR) is 116 cm³/mol. The van der Waals surface area contributed by atoms with Gasteiger partial charge in [-0.1, -0.05) is 12.1 Å². The average molecular weight is 421 g/mol. The lowest BCUT2D eigenvalue weighted by Gasteiger charge is -2.14. The summed E-state index contributed by atoms with van der Waals surface area (Å²) in [6.45, 7) is 0.272. The number of anilines is 1. The van der Waals surface area contributed by atoms with Gasteiger partial charge in [0.15, 0.2) is 11.5 Å². The Labute approximate surface area is 180 Å². The van der Waals surface area contributed by atoms with Crippen LogP contribution in [-0.2, 0) is 6.54 Å². The third-order valence-electron chi connectivity index (χ3n) is 4.51. The Morgan fingerprint density at radius 2 is 1.52 bits per heavy atom. The van der Waals surface area contributed by atoms with Crippen molar-refractivity contribution in [2.75, 3.05) is 26.6 Å². The van der Waals surface area contributed by atoms with Crippen LogP contribution in [0.25, 0.3) is 0 Å². The Bertz CT molecular complexity index is 1040. The van der Waals surface area contributed by atoms with Crippen LogP contribution in [-0.4, -0.2) is 38.1 Å². The van der Waals surface area contributed by atoms with Crippen molar-refractivity contribution < 1.29 is 23.8 Å². The van der Waals surface area contributed by atoms with Gasteiger partial charge in [-0.3, -0.25) is 14.6 Å². The number of methoxy groups -OCH3 is 3. The Kier molecular flexibility index (Phi) is 7.05. The monoisotopic (exact) mass is 421 g/mol. The second kappa shape index (κ2) is 10.1. The van der Waals surface area contributed by atoms with E-state index in [1.165, 1.54) is 21.3 Å². The summed E-state index contributed by atoms with van der Waals surface area (Å²) in [7, 11) is 4.48. The van der Waals surface area contributed by atoms with Crippen LogP contribution in [0.5, 0.6) is 17.2 Å². The zero-order valence-electron chi connectivity index (χ0n) is 17.5. The van der Waals surface area contributed by atoms with Crippen LogP contribution in [0.2, 0.25) is 0 Å². The summed E-state index contributed by atoms with van der Waals surface area (Å²) in [5.74, 6) is 0.673. The number of amides is 2. The van der Waals surface area contributed by atoms with Crippen molar-refractivity contribution in [3.05, 3.63) is 77.6 Å².